The molecule has 0 saturated heterocycles. The van der Waals surface area contributed by atoms with E-state index in [1.165, 1.54) is 12.3 Å². The zero-order valence-corrected chi connectivity index (χ0v) is 16.3. The standard InChI is InChI=1S/C19H28N4O6/c1-2-3-6-13(23-19(28)29)17(26)22-14(10-11-5-4-9-20-16(11)25)15(24)18(27)21-12-7-8-12/h4-5,9,12-15,23-24H,2-3,6-8,10H2,1H3,(H,20,25)(H,21,27)(H,22,26)(H,28,29)/t13-,14-,15?/m0/s1. The van der Waals surface area contributed by atoms with Crippen LogP contribution in [0.2, 0.25) is 0 Å². The zero-order chi connectivity index (χ0) is 21.4. The summed E-state index contributed by atoms with van der Waals surface area (Å²) in [5.74, 6) is -1.29. The van der Waals surface area contributed by atoms with Gasteiger partial charge in [-0.1, -0.05) is 25.8 Å². The van der Waals surface area contributed by atoms with Gasteiger partial charge in [-0.2, -0.15) is 0 Å². The molecule has 0 aromatic carbocycles. The van der Waals surface area contributed by atoms with Crippen molar-refractivity contribution in [3.8, 4) is 0 Å². The number of unbranched alkanes of at least 4 members (excludes halogenated alkanes) is 1. The van der Waals surface area contributed by atoms with Gasteiger partial charge in [0.25, 0.3) is 11.5 Å². The van der Waals surface area contributed by atoms with Crippen LogP contribution in [0.25, 0.3) is 0 Å². The Balaban J connectivity index is 2.16. The number of aliphatic hydroxyl groups is 1. The lowest BCUT2D eigenvalue weighted by molar-refractivity contribution is -0.132. The summed E-state index contributed by atoms with van der Waals surface area (Å²) in [5.41, 5.74) is -0.111. The summed E-state index contributed by atoms with van der Waals surface area (Å²) in [6.07, 6.45) is 1.75. The Morgan fingerprint density at radius 1 is 1.24 bits per heavy atom. The minimum atomic E-state index is -1.59. The molecule has 0 radical (unpaired) electrons. The molecule has 1 unspecified atom stereocenters. The van der Waals surface area contributed by atoms with Gasteiger partial charge in [0.05, 0.1) is 6.04 Å². The zero-order valence-electron chi connectivity index (χ0n) is 16.3. The lowest BCUT2D eigenvalue weighted by Crippen LogP contribution is -2.56. The molecule has 10 heteroatoms. The minimum Gasteiger partial charge on any atom is -0.465 e. The predicted molar refractivity (Wildman–Crippen MR) is 104 cm³/mol. The summed E-state index contributed by atoms with van der Waals surface area (Å²) in [5, 5.41) is 26.9. The molecule has 2 rings (SSSR count). The first kappa shape index (κ1) is 22.4. The normalized spacial score (nSPS) is 16.3. The summed E-state index contributed by atoms with van der Waals surface area (Å²) in [6.45, 7) is 1.91. The third-order valence-electron chi connectivity index (χ3n) is 4.70. The molecule has 160 valence electrons. The van der Waals surface area contributed by atoms with Crippen LogP contribution in [-0.4, -0.2) is 57.3 Å². The first-order valence-corrected chi connectivity index (χ1v) is 9.76. The highest BCUT2D eigenvalue weighted by Gasteiger charge is 2.33. The van der Waals surface area contributed by atoms with Crippen LogP contribution in [0.4, 0.5) is 4.79 Å². The van der Waals surface area contributed by atoms with Crippen molar-refractivity contribution in [2.45, 2.75) is 69.7 Å². The number of carbonyl (C=O) groups is 3. The Bertz CT molecular complexity index is 776. The average molecular weight is 408 g/mol. The van der Waals surface area contributed by atoms with Crippen molar-refractivity contribution in [1.82, 2.24) is 20.9 Å². The Kier molecular flexibility index (Phi) is 8.20. The molecule has 1 aromatic rings. The first-order chi connectivity index (χ1) is 13.8. The number of aromatic amines is 1. The molecule has 29 heavy (non-hydrogen) atoms. The maximum atomic E-state index is 12.7. The first-order valence-electron chi connectivity index (χ1n) is 9.76. The highest BCUT2D eigenvalue weighted by atomic mass is 16.4. The van der Waals surface area contributed by atoms with Crippen molar-refractivity contribution >= 4 is 17.9 Å². The van der Waals surface area contributed by atoms with E-state index < -0.39 is 41.7 Å². The van der Waals surface area contributed by atoms with E-state index in [2.05, 4.69) is 20.9 Å². The second kappa shape index (κ2) is 10.6. The monoisotopic (exact) mass is 408 g/mol. The molecule has 0 aliphatic heterocycles. The lowest BCUT2D eigenvalue weighted by atomic mass is 10.00. The van der Waals surface area contributed by atoms with E-state index in [1.807, 2.05) is 6.92 Å². The van der Waals surface area contributed by atoms with E-state index in [4.69, 9.17) is 5.11 Å². The van der Waals surface area contributed by atoms with Crippen LogP contribution >= 0.6 is 0 Å². The van der Waals surface area contributed by atoms with E-state index in [1.54, 1.807) is 6.07 Å². The Labute approximate surface area is 168 Å². The number of hydrogen-bond donors (Lipinski definition) is 6. The van der Waals surface area contributed by atoms with Gasteiger partial charge in [0.2, 0.25) is 5.91 Å². The van der Waals surface area contributed by atoms with Crippen molar-refractivity contribution in [2.75, 3.05) is 0 Å². The van der Waals surface area contributed by atoms with Crippen LogP contribution in [0.5, 0.6) is 0 Å². The summed E-state index contributed by atoms with van der Waals surface area (Å²) >= 11 is 0. The number of rotatable bonds is 11. The maximum Gasteiger partial charge on any atom is 0.405 e. The van der Waals surface area contributed by atoms with Crippen molar-refractivity contribution in [2.24, 2.45) is 0 Å². The van der Waals surface area contributed by atoms with Gasteiger partial charge < -0.3 is 31.1 Å². The maximum absolute atomic E-state index is 12.7. The molecule has 1 aliphatic rings. The van der Waals surface area contributed by atoms with Gasteiger partial charge in [-0.15, -0.1) is 0 Å². The van der Waals surface area contributed by atoms with Crippen LogP contribution in [0.1, 0.15) is 44.6 Å². The van der Waals surface area contributed by atoms with E-state index >= 15 is 0 Å². The Morgan fingerprint density at radius 3 is 2.55 bits per heavy atom. The largest absolute Gasteiger partial charge is 0.465 e. The van der Waals surface area contributed by atoms with E-state index in [0.717, 1.165) is 19.3 Å². The summed E-state index contributed by atoms with van der Waals surface area (Å²) < 4.78 is 0. The van der Waals surface area contributed by atoms with Crippen molar-refractivity contribution < 1.29 is 24.6 Å². The minimum absolute atomic E-state index is 0.0135. The Hall–Kier alpha value is -2.88. The highest BCUT2D eigenvalue weighted by molar-refractivity contribution is 5.87. The van der Waals surface area contributed by atoms with Crippen LogP contribution < -0.4 is 21.5 Å². The van der Waals surface area contributed by atoms with Crippen molar-refractivity contribution in [1.29, 1.82) is 0 Å². The summed E-state index contributed by atoms with van der Waals surface area (Å²) in [4.78, 5) is 50.5. The summed E-state index contributed by atoms with van der Waals surface area (Å²) in [7, 11) is 0. The van der Waals surface area contributed by atoms with Crippen LogP contribution in [0.15, 0.2) is 23.1 Å². The molecule has 1 aliphatic carbocycles. The second-order valence-electron chi connectivity index (χ2n) is 7.22. The summed E-state index contributed by atoms with van der Waals surface area (Å²) in [6, 6.07) is 1.03. The number of H-pyrrole nitrogens is 1. The van der Waals surface area contributed by atoms with Gasteiger partial charge in [0.15, 0.2) is 6.10 Å². The number of carboxylic acid groups (broad SMARTS) is 1. The number of hydrogen-bond acceptors (Lipinski definition) is 5. The number of aliphatic hydroxyl groups excluding tert-OH is 1. The molecule has 1 aromatic heterocycles. The van der Waals surface area contributed by atoms with Crippen LogP contribution in [-0.2, 0) is 16.0 Å². The number of nitrogens with one attached hydrogen (secondary N) is 4. The molecule has 1 saturated carbocycles. The van der Waals surface area contributed by atoms with E-state index in [9.17, 15) is 24.3 Å². The quantitative estimate of drug-likeness (QED) is 0.299. The topological polar surface area (TPSA) is 161 Å². The smallest absolute Gasteiger partial charge is 0.405 e. The molecule has 3 atom stereocenters. The van der Waals surface area contributed by atoms with Gasteiger partial charge in [-0.05, 0) is 25.3 Å². The molecule has 1 fully saturated rings. The number of pyridine rings is 1. The fraction of sp³-hybridized carbons (Fsp3) is 0.579. The third-order valence-corrected chi connectivity index (χ3v) is 4.70. The van der Waals surface area contributed by atoms with Gasteiger partial charge in [-0.3, -0.25) is 14.4 Å². The fourth-order valence-corrected chi connectivity index (χ4v) is 2.90. The molecular formula is C19H28N4O6. The van der Waals surface area contributed by atoms with Crippen LogP contribution in [0, 0.1) is 0 Å². The Morgan fingerprint density at radius 2 is 1.97 bits per heavy atom. The average Bonchev–Trinajstić information content (AvgIpc) is 3.49. The number of aromatic nitrogens is 1. The molecule has 1 heterocycles. The number of carbonyl (C=O) groups excluding carboxylic acids is 2. The van der Waals surface area contributed by atoms with Gasteiger partial charge in [-0.25, -0.2) is 4.79 Å². The van der Waals surface area contributed by atoms with Crippen molar-refractivity contribution in [3.63, 3.8) is 0 Å². The molecule has 0 spiro atoms. The lowest BCUT2D eigenvalue weighted by Gasteiger charge is -2.26. The molecule has 6 N–H and O–H groups in total. The molecule has 10 nitrogen and oxygen atoms in total. The SMILES string of the molecule is CCCC[C@H](NC(=O)O)C(=O)N[C@@H](Cc1ccc[nH]c1=O)C(O)C(=O)NC1CC1. The fourth-order valence-electron chi connectivity index (χ4n) is 2.90. The van der Waals surface area contributed by atoms with Gasteiger partial charge in [0.1, 0.15) is 6.04 Å². The van der Waals surface area contributed by atoms with Gasteiger partial charge in [0, 0.05) is 24.2 Å². The molecular weight excluding hydrogens is 380 g/mol. The van der Waals surface area contributed by atoms with Crippen molar-refractivity contribution in [3.05, 3.63) is 34.2 Å². The van der Waals surface area contributed by atoms with E-state index in [0.29, 0.717) is 6.42 Å². The molecule has 3 amide bonds. The van der Waals surface area contributed by atoms with Gasteiger partial charge >= 0.3 is 6.09 Å². The third kappa shape index (κ3) is 7.22. The van der Waals surface area contributed by atoms with Crippen LogP contribution in [0.3, 0.4) is 0 Å². The highest BCUT2D eigenvalue weighted by Crippen LogP contribution is 2.19. The predicted octanol–water partition coefficient (Wildman–Crippen LogP) is -0.132. The molecule has 0 bridgehead atoms. The number of amides is 3. The van der Waals surface area contributed by atoms with E-state index in [-0.39, 0.29) is 24.4 Å². The second-order valence-corrected chi connectivity index (χ2v) is 7.22.